The molecule has 1 atom stereocenters. The minimum absolute atomic E-state index is 0.0146. The fourth-order valence-electron chi connectivity index (χ4n) is 2.91. The summed E-state index contributed by atoms with van der Waals surface area (Å²) in [7, 11) is 0. The first-order valence-corrected chi connectivity index (χ1v) is 6.94. The van der Waals surface area contributed by atoms with Crippen molar-refractivity contribution in [1.29, 1.82) is 0 Å². The fourth-order valence-corrected chi connectivity index (χ4v) is 2.91. The molecule has 2 fully saturated rings. The summed E-state index contributed by atoms with van der Waals surface area (Å²) in [6.07, 6.45) is 3.33. The number of morpholine rings is 1. The van der Waals surface area contributed by atoms with E-state index in [-0.39, 0.29) is 11.5 Å². The molecule has 0 unspecified atom stereocenters. The minimum Gasteiger partial charge on any atom is -0.371 e. The van der Waals surface area contributed by atoms with Gasteiger partial charge in [0.25, 0.3) is 0 Å². The maximum Gasteiger partial charge on any atom is 0.244 e. The first kappa shape index (κ1) is 12.6. The third kappa shape index (κ3) is 2.38. The summed E-state index contributed by atoms with van der Waals surface area (Å²) < 4.78 is 5.83. The molecule has 0 bridgehead atoms. The van der Waals surface area contributed by atoms with E-state index in [1.807, 2.05) is 35.2 Å². The Bertz CT molecular complexity index is 456. The molecule has 1 saturated carbocycles. The molecule has 102 valence electrons. The van der Waals surface area contributed by atoms with Crippen LogP contribution in [0.25, 0.3) is 0 Å². The van der Waals surface area contributed by atoms with Crippen molar-refractivity contribution >= 4 is 5.91 Å². The van der Waals surface area contributed by atoms with E-state index in [2.05, 4.69) is 0 Å². The topological polar surface area (TPSA) is 55.6 Å². The van der Waals surface area contributed by atoms with E-state index >= 15 is 0 Å². The molecule has 1 aromatic rings. The first-order chi connectivity index (χ1) is 9.20. The average molecular weight is 260 g/mol. The summed E-state index contributed by atoms with van der Waals surface area (Å²) >= 11 is 0. The van der Waals surface area contributed by atoms with Gasteiger partial charge in [-0.1, -0.05) is 30.3 Å². The highest BCUT2D eigenvalue weighted by molar-refractivity contribution is 5.83. The number of hydrogen-bond acceptors (Lipinski definition) is 3. The van der Waals surface area contributed by atoms with Gasteiger partial charge in [0, 0.05) is 13.1 Å². The summed E-state index contributed by atoms with van der Waals surface area (Å²) in [5, 5.41) is 0. The van der Waals surface area contributed by atoms with Gasteiger partial charge in [-0.05, 0) is 24.8 Å². The van der Waals surface area contributed by atoms with Crippen LogP contribution in [0.15, 0.2) is 30.3 Å². The number of hydrogen-bond donors (Lipinski definition) is 1. The van der Waals surface area contributed by atoms with Crippen molar-refractivity contribution in [2.24, 2.45) is 5.73 Å². The zero-order chi connectivity index (χ0) is 13.3. The third-order valence-corrected chi connectivity index (χ3v) is 4.25. The Morgan fingerprint density at radius 3 is 2.68 bits per heavy atom. The summed E-state index contributed by atoms with van der Waals surface area (Å²) in [6, 6.07) is 9.00. The molecule has 1 amide bonds. The summed E-state index contributed by atoms with van der Waals surface area (Å²) in [6.45, 7) is 1.99. The van der Waals surface area contributed by atoms with Gasteiger partial charge in [0.05, 0.1) is 12.2 Å². The van der Waals surface area contributed by atoms with Gasteiger partial charge in [-0.15, -0.1) is 0 Å². The smallest absolute Gasteiger partial charge is 0.244 e. The van der Waals surface area contributed by atoms with E-state index < -0.39 is 6.04 Å². The van der Waals surface area contributed by atoms with Crippen molar-refractivity contribution in [1.82, 2.24) is 4.90 Å². The van der Waals surface area contributed by atoms with Crippen LogP contribution in [0, 0.1) is 0 Å². The number of ether oxygens (including phenoxy) is 1. The summed E-state index contributed by atoms with van der Waals surface area (Å²) in [5.74, 6) is 0.0146. The molecule has 1 spiro atoms. The molecular formula is C15H20N2O2. The van der Waals surface area contributed by atoms with E-state index in [0.29, 0.717) is 19.7 Å². The highest BCUT2D eigenvalue weighted by atomic mass is 16.5. The molecule has 3 rings (SSSR count). The van der Waals surface area contributed by atoms with Crippen LogP contribution in [-0.4, -0.2) is 36.1 Å². The predicted octanol–water partition coefficient (Wildman–Crippen LogP) is 1.47. The number of carbonyl (C=O) groups is 1. The molecule has 4 nitrogen and oxygen atoms in total. The third-order valence-electron chi connectivity index (χ3n) is 4.25. The van der Waals surface area contributed by atoms with Gasteiger partial charge in [-0.2, -0.15) is 0 Å². The molecule has 4 heteroatoms. The maximum atomic E-state index is 12.5. The van der Waals surface area contributed by atoms with E-state index in [9.17, 15) is 4.79 Å². The molecule has 2 aliphatic rings. The molecule has 1 aliphatic carbocycles. The Hall–Kier alpha value is -1.39. The van der Waals surface area contributed by atoms with Crippen molar-refractivity contribution < 1.29 is 9.53 Å². The van der Waals surface area contributed by atoms with Crippen molar-refractivity contribution in [3.63, 3.8) is 0 Å². The van der Waals surface area contributed by atoms with Gasteiger partial charge < -0.3 is 15.4 Å². The summed E-state index contributed by atoms with van der Waals surface area (Å²) in [5.41, 5.74) is 6.90. The second-order valence-corrected chi connectivity index (χ2v) is 5.53. The van der Waals surface area contributed by atoms with Crippen LogP contribution >= 0.6 is 0 Å². The molecule has 1 aliphatic heterocycles. The maximum absolute atomic E-state index is 12.5. The SMILES string of the molecule is N[C@@H](C(=O)N1CCOC2(CCC2)C1)c1ccccc1. The van der Waals surface area contributed by atoms with E-state index in [0.717, 1.165) is 18.4 Å². The standard InChI is InChI=1S/C15H20N2O2/c16-13(12-5-2-1-3-6-12)14(18)17-9-10-19-15(11-17)7-4-8-15/h1-3,5-6,13H,4,7-11,16H2/t13-/m1/s1. The first-order valence-electron chi connectivity index (χ1n) is 6.94. The number of benzene rings is 1. The monoisotopic (exact) mass is 260 g/mol. The van der Waals surface area contributed by atoms with E-state index in [4.69, 9.17) is 10.5 Å². The molecule has 19 heavy (non-hydrogen) atoms. The van der Waals surface area contributed by atoms with Crippen LogP contribution in [0.3, 0.4) is 0 Å². The van der Waals surface area contributed by atoms with Crippen LogP contribution in [0.4, 0.5) is 0 Å². The number of carbonyl (C=O) groups excluding carboxylic acids is 1. The second kappa shape index (κ2) is 4.94. The van der Waals surface area contributed by atoms with Crippen LogP contribution in [0.5, 0.6) is 0 Å². The van der Waals surface area contributed by atoms with Gasteiger partial charge in [0.2, 0.25) is 5.91 Å². The van der Waals surface area contributed by atoms with Crippen LogP contribution in [-0.2, 0) is 9.53 Å². The Morgan fingerprint density at radius 1 is 1.32 bits per heavy atom. The van der Waals surface area contributed by atoms with Gasteiger partial charge in [-0.25, -0.2) is 0 Å². The van der Waals surface area contributed by atoms with Crippen LogP contribution < -0.4 is 5.73 Å². The van der Waals surface area contributed by atoms with Gasteiger partial charge in [-0.3, -0.25) is 4.79 Å². The quantitative estimate of drug-likeness (QED) is 0.876. The van der Waals surface area contributed by atoms with Gasteiger partial charge in [0.15, 0.2) is 0 Å². The molecule has 1 aromatic carbocycles. The highest BCUT2D eigenvalue weighted by Gasteiger charge is 2.43. The normalized spacial score (nSPS) is 22.9. The number of rotatable bonds is 2. The van der Waals surface area contributed by atoms with Crippen molar-refractivity contribution in [2.45, 2.75) is 30.9 Å². The van der Waals surface area contributed by atoms with Crippen LogP contribution in [0.1, 0.15) is 30.9 Å². The van der Waals surface area contributed by atoms with E-state index in [1.165, 1.54) is 6.42 Å². The minimum atomic E-state index is -0.559. The molecular weight excluding hydrogens is 240 g/mol. The Morgan fingerprint density at radius 2 is 2.05 bits per heavy atom. The zero-order valence-corrected chi connectivity index (χ0v) is 11.0. The van der Waals surface area contributed by atoms with Crippen molar-refractivity contribution in [3.05, 3.63) is 35.9 Å². The average Bonchev–Trinajstić information content (AvgIpc) is 2.45. The zero-order valence-electron chi connectivity index (χ0n) is 11.0. The van der Waals surface area contributed by atoms with E-state index in [1.54, 1.807) is 0 Å². The molecule has 0 aromatic heterocycles. The Balaban J connectivity index is 1.69. The lowest BCUT2D eigenvalue weighted by Gasteiger charge is -2.48. The lowest BCUT2D eigenvalue weighted by molar-refractivity contribution is -0.168. The highest BCUT2D eigenvalue weighted by Crippen LogP contribution is 2.38. The number of nitrogens with two attached hydrogens (primary N) is 1. The van der Waals surface area contributed by atoms with Crippen molar-refractivity contribution in [2.75, 3.05) is 19.7 Å². The van der Waals surface area contributed by atoms with Crippen molar-refractivity contribution in [3.8, 4) is 0 Å². The fraction of sp³-hybridized carbons (Fsp3) is 0.533. The lowest BCUT2D eigenvalue weighted by Crippen LogP contribution is -2.58. The number of nitrogens with zero attached hydrogens (tertiary/aromatic N) is 1. The second-order valence-electron chi connectivity index (χ2n) is 5.53. The summed E-state index contributed by atoms with van der Waals surface area (Å²) in [4.78, 5) is 14.3. The van der Waals surface area contributed by atoms with Crippen LogP contribution in [0.2, 0.25) is 0 Å². The molecule has 1 saturated heterocycles. The molecule has 0 radical (unpaired) electrons. The largest absolute Gasteiger partial charge is 0.371 e. The predicted molar refractivity (Wildman–Crippen MR) is 72.5 cm³/mol. The Labute approximate surface area is 113 Å². The molecule has 2 N–H and O–H groups in total. The van der Waals surface area contributed by atoms with Gasteiger partial charge >= 0.3 is 0 Å². The number of amides is 1. The Kier molecular flexibility index (Phi) is 3.29. The van der Waals surface area contributed by atoms with Gasteiger partial charge in [0.1, 0.15) is 6.04 Å². The lowest BCUT2D eigenvalue weighted by atomic mass is 9.78. The molecule has 1 heterocycles.